The molecular weight excluding hydrogens is 270 g/mol. The standard InChI is InChI=1S/C11H19N3O4S/c1-2-13-19(17,18)9-3-4-10(12)11(5-9)14-8(6-15)7-16/h3-5,8,13-16H,2,6-7,12H2,1H3. The number of anilines is 2. The van der Waals surface area contributed by atoms with E-state index in [9.17, 15) is 8.42 Å². The fourth-order valence-corrected chi connectivity index (χ4v) is 2.54. The molecule has 0 aliphatic carbocycles. The van der Waals surface area contributed by atoms with Gasteiger partial charge in [0.05, 0.1) is 35.5 Å². The molecule has 108 valence electrons. The van der Waals surface area contributed by atoms with Gasteiger partial charge in [-0.25, -0.2) is 13.1 Å². The lowest BCUT2D eigenvalue weighted by molar-refractivity contribution is 0.204. The second-order valence-corrected chi connectivity index (χ2v) is 5.72. The first-order valence-electron chi connectivity index (χ1n) is 5.82. The lowest BCUT2D eigenvalue weighted by Gasteiger charge is -2.17. The summed E-state index contributed by atoms with van der Waals surface area (Å²) in [5.41, 5.74) is 6.41. The largest absolute Gasteiger partial charge is 0.397 e. The highest BCUT2D eigenvalue weighted by atomic mass is 32.2. The van der Waals surface area contributed by atoms with Crippen molar-refractivity contribution < 1.29 is 18.6 Å². The number of hydrogen-bond donors (Lipinski definition) is 5. The molecule has 0 aliphatic heterocycles. The minimum absolute atomic E-state index is 0.0701. The van der Waals surface area contributed by atoms with Gasteiger partial charge in [-0.15, -0.1) is 0 Å². The molecule has 6 N–H and O–H groups in total. The number of benzene rings is 1. The minimum atomic E-state index is -3.57. The maximum atomic E-state index is 11.8. The zero-order valence-corrected chi connectivity index (χ0v) is 11.4. The molecule has 0 fully saturated rings. The first kappa shape index (κ1) is 15.7. The molecule has 0 unspecified atom stereocenters. The van der Waals surface area contributed by atoms with E-state index in [2.05, 4.69) is 10.0 Å². The van der Waals surface area contributed by atoms with Crippen molar-refractivity contribution in [1.29, 1.82) is 0 Å². The van der Waals surface area contributed by atoms with E-state index in [1.807, 2.05) is 0 Å². The van der Waals surface area contributed by atoms with Crippen LogP contribution in [0.15, 0.2) is 23.1 Å². The van der Waals surface area contributed by atoms with Gasteiger partial charge in [-0.05, 0) is 18.2 Å². The summed E-state index contributed by atoms with van der Waals surface area (Å²) in [7, 11) is -3.57. The Bertz CT molecular complexity index is 515. The first-order chi connectivity index (χ1) is 8.94. The van der Waals surface area contributed by atoms with Crippen LogP contribution in [0.2, 0.25) is 0 Å². The first-order valence-corrected chi connectivity index (χ1v) is 7.30. The van der Waals surface area contributed by atoms with Gasteiger partial charge < -0.3 is 21.3 Å². The Kier molecular flexibility index (Phi) is 5.55. The summed E-state index contributed by atoms with van der Waals surface area (Å²) in [5, 5.41) is 20.8. The average molecular weight is 289 g/mol. The summed E-state index contributed by atoms with van der Waals surface area (Å²) in [6.07, 6.45) is 0. The highest BCUT2D eigenvalue weighted by Crippen LogP contribution is 2.23. The Morgan fingerprint density at radius 3 is 2.47 bits per heavy atom. The Labute approximate surface area is 112 Å². The quantitative estimate of drug-likeness (QED) is 0.424. The van der Waals surface area contributed by atoms with Crippen LogP contribution in [-0.4, -0.2) is 44.4 Å². The summed E-state index contributed by atoms with van der Waals surface area (Å²) in [5.74, 6) is 0. The van der Waals surface area contributed by atoms with Crippen molar-refractivity contribution in [3.8, 4) is 0 Å². The second-order valence-electron chi connectivity index (χ2n) is 3.96. The van der Waals surface area contributed by atoms with Gasteiger partial charge in [0.25, 0.3) is 0 Å². The van der Waals surface area contributed by atoms with Crippen molar-refractivity contribution in [1.82, 2.24) is 4.72 Å². The molecule has 0 aromatic heterocycles. The van der Waals surface area contributed by atoms with Crippen LogP contribution in [-0.2, 0) is 10.0 Å². The summed E-state index contributed by atoms with van der Waals surface area (Å²) < 4.78 is 26.1. The Hall–Kier alpha value is -1.35. The number of aliphatic hydroxyl groups excluding tert-OH is 2. The molecular formula is C11H19N3O4S. The number of nitrogens with one attached hydrogen (secondary N) is 2. The fourth-order valence-electron chi connectivity index (χ4n) is 1.47. The van der Waals surface area contributed by atoms with E-state index in [4.69, 9.17) is 15.9 Å². The van der Waals surface area contributed by atoms with Crippen LogP contribution in [0.25, 0.3) is 0 Å². The average Bonchev–Trinajstić information content (AvgIpc) is 2.37. The summed E-state index contributed by atoms with van der Waals surface area (Å²) in [6.45, 7) is 1.38. The number of aliphatic hydroxyl groups is 2. The van der Waals surface area contributed by atoms with Crippen LogP contribution < -0.4 is 15.8 Å². The number of nitrogens with two attached hydrogens (primary N) is 1. The predicted octanol–water partition coefficient (Wildman–Crippen LogP) is -0.668. The molecule has 19 heavy (non-hydrogen) atoms. The number of sulfonamides is 1. The molecule has 1 rings (SSSR count). The highest BCUT2D eigenvalue weighted by molar-refractivity contribution is 7.89. The number of rotatable bonds is 7. The molecule has 0 amide bonds. The smallest absolute Gasteiger partial charge is 0.240 e. The molecule has 1 aromatic carbocycles. The normalized spacial score (nSPS) is 11.8. The van der Waals surface area contributed by atoms with Crippen LogP contribution in [0.3, 0.4) is 0 Å². The number of hydrogen-bond acceptors (Lipinski definition) is 6. The molecule has 0 atom stereocenters. The van der Waals surface area contributed by atoms with E-state index in [1.54, 1.807) is 6.92 Å². The molecule has 0 bridgehead atoms. The third-order valence-corrected chi connectivity index (χ3v) is 4.01. The second kappa shape index (κ2) is 6.71. The SMILES string of the molecule is CCNS(=O)(=O)c1ccc(N)c(NC(CO)CO)c1. The Balaban J connectivity index is 3.07. The Morgan fingerprint density at radius 1 is 1.32 bits per heavy atom. The zero-order valence-electron chi connectivity index (χ0n) is 10.6. The van der Waals surface area contributed by atoms with Crippen LogP contribution in [0.5, 0.6) is 0 Å². The molecule has 8 heteroatoms. The lowest BCUT2D eigenvalue weighted by atomic mass is 10.2. The van der Waals surface area contributed by atoms with Crippen LogP contribution in [0, 0.1) is 0 Å². The van der Waals surface area contributed by atoms with Crippen LogP contribution >= 0.6 is 0 Å². The lowest BCUT2D eigenvalue weighted by Crippen LogP contribution is -2.28. The zero-order chi connectivity index (χ0) is 14.5. The molecule has 0 aliphatic rings. The van der Waals surface area contributed by atoms with Gasteiger partial charge in [0.1, 0.15) is 0 Å². The number of nitrogen functional groups attached to an aromatic ring is 1. The molecule has 7 nitrogen and oxygen atoms in total. The maximum Gasteiger partial charge on any atom is 0.240 e. The minimum Gasteiger partial charge on any atom is -0.397 e. The van der Waals surface area contributed by atoms with E-state index in [0.29, 0.717) is 11.4 Å². The van der Waals surface area contributed by atoms with Crippen molar-refractivity contribution in [2.45, 2.75) is 17.9 Å². The monoisotopic (exact) mass is 289 g/mol. The third kappa shape index (κ3) is 4.06. The van der Waals surface area contributed by atoms with Crippen LogP contribution in [0.1, 0.15) is 6.92 Å². The highest BCUT2D eigenvalue weighted by Gasteiger charge is 2.15. The van der Waals surface area contributed by atoms with Crippen molar-refractivity contribution in [2.75, 3.05) is 30.8 Å². The van der Waals surface area contributed by atoms with E-state index < -0.39 is 16.1 Å². The maximum absolute atomic E-state index is 11.8. The van der Waals surface area contributed by atoms with E-state index in [1.165, 1.54) is 18.2 Å². The van der Waals surface area contributed by atoms with Crippen molar-refractivity contribution in [3.05, 3.63) is 18.2 Å². The van der Waals surface area contributed by atoms with E-state index in [0.717, 1.165) is 0 Å². The predicted molar refractivity (Wildman–Crippen MR) is 73.3 cm³/mol. The van der Waals surface area contributed by atoms with Crippen LogP contribution in [0.4, 0.5) is 11.4 Å². The van der Waals surface area contributed by atoms with Gasteiger partial charge in [-0.2, -0.15) is 0 Å². The third-order valence-electron chi connectivity index (χ3n) is 2.47. The fraction of sp³-hybridized carbons (Fsp3) is 0.455. The van der Waals surface area contributed by atoms with Gasteiger partial charge in [-0.3, -0.25) is 0 Å². The van der Waals surface area contributed by atoms with E-state index in [-0.39, 0.29) is 24.7 Å². The van der Waals surface area contributed by atoms with Crippen molar-refractivity contribution in [2.24, 2.45) is 0 Å². The van der Waals surface area contributed by atoms with Gasteiger partial charge in [-0.1, -0.05) is 6.92 Å². The van der Waals surface area contributed by atoms with Gasteiger partial charge in [0, 0.05) is 6.54 Å². The summed E-state index contributed by atoms with van der Waals surface area (Å²) >= 11 is 0. The van der Waals surface area contributed by atoms with Crippen molar-refractivity contribution >= 4 is 21.4 Å². The summed E-state index contributed by atoms with van der Waals surface area (Å²) in [6, 6.07) is 3.62. The summed E-state index contributed by atoms with van der Waals surface area (Å²) in [4.78, 5) is 0.0701. The van der Waals surface area contributed by atoms with Gasteiger partial charge in [0.15, 0.2) is 0 Å². The molecule has 0 heterocycles. The Morgan fingerprint density at radius 2 is 1.95 bits per heavy atom. The molecule has 0 radical (unpaired) electrons. The van der Waals surface area contributed by atoms with Gasteiger partial charge in [0.2, 0.25) is 10.0 Å². The molecule has 0 saturated carbocycles. The molecule has 0 saturated heterocycles. The van der Waals surface area contributed by atoms with Gasteiger partial charge >= 0.3 is 0 Å². The molecule has 0 spiro atoms. The van der Waals surface area contributed by atoms with E-state index >= 15 is 0 Å². The topological polar surface area (TPSA) is 125 Å². The molecule has 1 aromatic rings. The van der Waals surface area contributed by atoms with Crippen molar-refractivity contribution in [3.63, 3.8) is 0 Å².